The molecule has 46 heavy (non-hydrogen) atoms. The predicted octanol–water partition coefficient (Wildman–Crippen LogP) is 7.35. The number of hydrogen-bond donors (Lipinski definition) is 1. The van der Waals surface area contributed by atoms with Crippen LogP contribution in [0.3, 0.4) is 0 Å². The number of hydrogen-bond acceptors (Lipinski definition) is 4. The Balaban J connectivity index is 1.64. The SMILES string of the molecule is O=C(O)c1ccccc1S(=O)c1ccccc1C(=O)OP(Cc1ccccc1)(c1ccccc1)(c1ccccc1)c1ccccc1. The van der Waals surface area contributed by atoms with Crippen molar-refractivity contribution in [3.05, 3.63) is 187 Å². The van der Waals surface area contributed by atoms with Crippen molar-refractivity contribution >= 4 is 45.5 Å². The van der Waals surface area contributed by atoms with Gasteiger partial charge in [-0.3, -0.25) is 0 Å². The molecule has 5 nitrogen and oxygen atoms in total. The van der Waals surface area contributed by atoms with Gasteiger partial charge < -0.3 is 0 Å². The van der Waals surface area contributed by atoms with Crippen molar-refractivity contribution < 1.29 is 23.4 Å². The zero-order chi connectivity index (χ0) is 32.0. The Bertz CT molecular complexity index is 1920. The van der Waals surface area contributed by atoms with Crippen molar-refractivity contribution in [3.63, 3.8) is 0 Å². The molecule has 0 spiro atoms. The van der Waals surface area contributed by atoms with Gasteiger partial charge in [-0.25, -0.2) is 0 Å². The first kappa shape index (κ1) is 30.8. The molecule has 6 rings (SSSR count). The van der Waals surface area contributed by atoms with Gasteiger partial charge in [0.05, 0.1) is 0 Å². The second kappa shape index (κ2) is 13.1. The van der Waals surface area contributed by atoms with Crippen LogP contribution in [0.15, 0.2) is 180 Å². The van der Waals surface area contributed by atoms with Crippen LogP contribution in [0.2, 0.25) is 0 Å². The van der Waals surface area contributed by atoms with Crippen molar-refractivity contribution in [2.45, 2.75) is 16.0 Å². The fourth-order valence-corrected chi connectivity index (χ4v) is 13.0. The van der Waals surface area contributed by atoms with Crippen LogP contribution in [0.5, 0.6) is 0 Å². The van der Waals surface area contributed by atoms with Crippen molar-refractivity contribution in [1.82, 2.24) is 0 Å². The summed E-state index contributed by atoms with van der Waals surface area (Å²) >= 11 is 0. The van der Waals surface area contributed by atoms with Crippen molar-refractivity contribution in [1.29, 1.82) is 0 Å². The van der Waals surface area contributed by atoms with E-state index in [1.807, 2.05) is 121 Å². The third-order valence-corrected chi connectivity index (χ3v) is 15.4. The molecular weight excluding hydrogens is 611 g/mol. The van der Waals surface area contributed by atoms with Gasteiger partial charge >= 0.3 is 271 Å². The average Bonchev–Trinajstić information content (AvgIpc) is 3.12. The maximum atomic E-state index is 14.9. The van der Waals surface area contributed by atoms with E-state index in [-0.39, 0.29) is 20.9 Å². The van der Waals surface area contributed by atoms with E-state index in [1.54, 1.807) is 36.4 Å². The number of carboxylic acids is 1. The van der Waals surface area contributed by atoms with E-state index < -0.39 is 29.6 Å². The topological polar surface area (TPSA) is 80.7 Å². The summed E-state index contributed by atoms with van der Waals surface area (Å²) in [6.07, 6.45) is 0.378. The zero-order valence-electron chi connectivity index (χ0n) is 24.8. The molecule has 0 fully saturated rings. The van der Waals surface area contributed by atoms with Crippen molar-refractivity contribution in [3.8, 4) is 0 Å². The molecule has 0 heterocycles. The molecule has 0 bridgehead atoms. The summed E-state index contributed by atoms with van der Waals surface area (Å²) in [4.78, 5) is 27.2. The molecule has 0 radical (unpaired) electrons. The number of carboxylic acid groups (broad SMARTS) is 1. The van der Waals surface area contributed by atoms with Gasteiger partial charge in [0, 0.05) is 0 Å². The summed E-state index contributed by atoms with van der Waals surface area (Å²) in [5, 5.41) is 12.4. The summed E-state index contributed by atoms with van der Waals surface area (Å²) in [6.45, 7) is -4.21. The molecule has 228 valence electrons. The molecule has 0 saturated carbocycles. The van der Waals surface area contributed by atoms with E-state index in [1.165, 1.54) is 12.1 Å². The number of carbonyl (C=O) groups is 2. The molecule has 0 aliphatic rings. The van der Waals surface area contributed by atoms with Crippen LogP contribution in [0.1, 0.15) is 26.3 Å². The summed E-state index contributed by atoms with van der Waals surface area (Å²) in [7, 11) is -1.99. The summed E-state index contributed by atoms with van der Waals surface area (Å²) in [5.41, 5.74) is 0.994. The fourth-order valence-electron chi connectivity index (χ4n) is 6.03. The van der Waals surface area contributed by atoms with Crippen LogP contribution in [0, 0.1) is 0 Å². The minimum atomic E-state index is -4.21. The average molecular weight is 643 g/mol. The Morgan fingerprint density at radius 2 is 0.891 bits per heavy atom. The molecule has 0 aromatic heterocycles. The minimum absolute atomic E-state index is 0.0921. The number of rotatable bonds is 10. The van der Waals surface area contributed by atoms with E-state index in [0.717, 1.165) is 21.5 Å². The molecule has 1 N–H and O–H groups in total. The van der Waals surface area contributed by atoms with Crippen LogP contribution in [0.4, 0.5) is 0 Å². The standard InChI is InChI=1S/C39H31O5PS/c40-38(41)34-25-13-15-27-36(34)46(43)37-28-16-14-26-35(37)39(42)44-45(31-19-7-2-8-20-31,32-21-9-3-10-22-32,33-23-11-4-12-24-33)29-30-17-5-1-6-18-30/h1-28H,29H2,(H,40,41). The van der Waals surface area contributed by atoms with Crippen LogP contribution in [-0.2, 0) is 21.5 Å². The first-order valence-corrected chi connectivity index (χ1v) is 18.2. The van der Waals surface area contributed by atoms with Crippen LogP contribution >= 0.6 is 6.83 Å². The molecule has 1 unspecified atom stereocenters. The van der Waals surface area contributed by atoms with E-state index in [0.29, 0.717) is 6.16 Å². The second-order valence-electron chi connectivity index (χ2n) is 10.8. The monoisotopic (exact) mass is 642 g/mol. The van der Waals surface area contributed by atoms with Crippen LogP contribution in [-0.4, -0.2) is 21.3 Å². The zero-order valence-corrected chi connectivity index (χ0v) is 26.5. The summed E-state index contributed by atoms with van der Waals surface area (Å²) < 4.78 is 21.3. The summed E-state index contributed by atoms with van der Waals surface area (Å²) in [5.74, 6) is -1.85. The van der Waals surface area contributed by atoms with Gasteiger partial charge in [0.15, 0.2) is 0 Å². The van der Waals surface area contributed by atoms with Gasteiger partial charge in [-0.05, 0) is 0 Å². The summed E-state index contributed by atoms with van der Waals surface area (Å²) in [6, 6.07) is 52.3. The Labute approximate surface area is 270 Å². The number of aromatic carboxylic acids is 1. The quantitative estimate of drug-likeness (QED) is 0.158. The van der Waals surface area contributed by atoms with E-state index in [4.69, 9.17) is 4.52 Å². The van der Waals surface area contributed by atoms with E-state index in [9.17, 15) is 18.9 Å². The first-order valence-electron chi connectivity index (χ1n) is 14.7. The van der Waals surface area contributed by atoms with Gasteiger partial charge in [-0.2, -0.15) is 0 Å². The van der Waals surface area contributed by atoms with Gasteiger partial charge in [0.25, 0.3) is 0 Å². The van der Waals surface area contributed by atoms with Gasteiger partial charge in [-0.15, -0.1) is 0 Å². The van der Waals surface area contributed by atoms with E-state index in [2.05, 4.69) is 0 Å². The molecular formula is C39H31O5PS. The van der Waals surface area contributed by atoms with Crippen molar-refractivity contribution in [2.75, 3.05) is 0 Å². The molecule has 0 saturated heterocycles. The third-order valence-electron chi connectivity index (χ3n) is 8.14. The Morgan fingerprint density at radius 3 is 1.35 bits per heavy atom. The predicted molar refractivity (Wildman–Crippen MR) is 185 cm³/mol. The van der Waals surface area contributed by atoms with Gasteiger partial charge in [0.2, 0.25) is 0 Å². The molecule has 7 heteroatoms. The van der Waals surface area contributed by atoms with Crippen LogP contribution < -0.4 is 15.9 Å². The number of carbonyl (C=O) groups excluding carboxylic acids is 1. The molecule has 0 aliphatic heterocycles. The van der Waals surface area contributed by atoms with E-state index >= 15 is 0 Å². The Morgan fingerprint density at radius 1 is 0.522 bits per heavy atom. The molecule has 1 atom stereocenters. The Kier molecular flexibility index (Phi) is 8.76. The Hall–Kier alpha value is -5.16. The van der Waals surface area contributed by atoms with Gasteiger partial charge in [0.1, 0.15) is 0 Å². The van der Waals surface area contributed by atoms with Gasteiger partial charge in [-0.1, -0.05) is 0 Å². The first-order chi connectivity index (χ1) is 22.4. The molecule has 0 aliphatic carbocycles. The fraction of sp³-hybridized carbons (Fsp3) is 0.0256. The molecule has 0 amide bonds. The number of benzene rings is 6. The second-order valence-corrected chi connectivity index (χ2v) is 16.7. The molecule has 6 aromatic rings. The van der Waals surface area contributed by atoms with Crippen molar-refractivity contribution in [2.24, 2.45) is 0 Å². The maximum absolute atomic E-state index is 14.9. The normalized spacial score (nSPS) is 12.7. The van der Waals surface area contributed by atoms with Crippen LogP contribution in [0.25, 0.3) is 0 Å². The molecule has 6 aromatic carbocycles. The third kappa shape index (κ3) is 5.47.